The van der Waals surface area contributed by atoms with Crippen molar-refractivity contribution >= 4 is 11.9 Å². The molecule has 0 radical (unpaired) electrons. The lowest BCUT2D eigenvalue weighted by Crippen LogP contribution is -2.44. The van der Waals surface area contributed by atoms with Crippen molar-refractivity contribution in [3.05, 3.63) is 65.7 Å². The lowest BCUT2D eigenvalue weighted by Gasteiger charge is -2.39. The molecule has 33 heavy (non-hydrogen) atoms. The maximum absolute atomic E-state index is 13.0. The number of esters is 2. The number of aliphatic hydroxyl groups excluding tert-OH is 2. The van der Waals surface area contributed by atoms with Crippen molar-refractivity contribution in [3.63, 3.8) is 0 Å². The van der Waals surface area contributed by atoms with Crippen LogP contribution in [0.1, 0.15) is 43.5 Å². The van der Waals surface area contributed by atoms with E-state index in [2.05, 4.69) is 5.32 Å². The van der Waals surface area contributed by atoms with Crippen LogP contribution in [0, 0.1) is 10.8 Å². The fraction of sp³-hybridized carbons (Fsp3) is 0.440. The molecule has 8 nitrogen and oxygen atoms in total. The highest BCUT2D eigenvalue weighted by atomic mass is 16.6. The van der Waals surface area contributed by atoms with Gasteiger partial charge in [-0.3, -0.25) is 4.79 Å². The van der Waals surface area contributed by atoms with Crippen LogP contribution in [-0.2, 0) is 14.3 Å². The SMILES string of the molecule is CNCC(O)C1(C)C=C(OC(=O)c2ccc(O)cc2)CC(OC(=O)C2(C)C=CC(O)=CC2)C1. The number of nitrogens with one attached hydrogen (secondary N) is 1. The van der Waals surface area contributed by atoms with Gasteiger partial charge in [-0.1, -0.05) is 13.0 Å². The van der Waals surface area contributed by atoms with Crippen molar-refractivity contribution in [1.82, 2.24) is 5.32 Å². The first-order chi connectivity index (χ1) is 15.5. The van der Waals surface area contributed by atoms with Crippen molar-refractivity contribution in [2.45, 2.75) is 45.3 Å². The van der Waals surface area contributed by atoms with Crippen LogP contribution in [0.15, 0.2) is 60.1 Å². The number of phenols is 1. The van der Waals surface area contributed by atoms with Gasteiger partial charge in [0.1, 0.15) is 23.4 Å². The van der Waals surface area contributed by atoms with Gasteiger partial charge in [0.15, 0.2) is 0 Å². The van der Waals surface area contributed by atoms with E-state index in [1.165, 1.54) is 30.3 Å². The number of ether oxygens (including phenoxy) is 2. The quantitative estimate of drug-likeness (QED) is 0.460. The van der Waals surface area contributed by atoms with E-state index in [1.54, 1.807) is 32.2 Å². The summed E-state index contributed by atoms with van der Waals surface area (Å²) in [7, 11) is 1.72. The summed E-state index contributed by atoms with van der Waals surface area (Å²) < 4.78 is 11.4. The molecule has 1 aromatic rings. The van der Waals surface area contributed by atoms with Crippen molar-refractivity contribution in [1.29, 1.82) is 0 Å². The number of allylic oxidation sites excluding steroid dienone is 2. The number of carbonyl (C=O) groups is 2. The smallest absolute Gasteiger partial charge is 0.343 e. The van der Waals surface area contributed by atoms with E-state index in [1.807, 2.05) is 6.92 Å². The van der Waals surface area contributed by atoms with Crippen LogP contribution < -0.4 is 5.32 Å². The van der Waals surface area contributed by atoms with E-state index in [4.69, 9.17) is 9.47 Å². The van der Waals surface area contributed by atoms with Crippen molar-refractivity contribution in [2.75, 3.05) is 13.6 Å². The Kier molecular flexibility index (Phi) is 7.29. The van der Waals surface area contributed by atoms with Gasteiger partial charge in [-0.2, -0.15) is 0 Å². The minimum Gasteiger partial charge on any atom is -0.508 e. The van der Waals surface area contributed by atoms with E-state index in [0.717, 1.165) is 0 Å². The number of hydrogen-bond acceptors (Lipinski definition) is 8. The largest absolute Gasteiger partial charge is 0.508 e. The molecule has 178 valence electrons. The van der Waals surface area contributed by atoms with Gasteiger partial charge in [-0.15, -0.1) is 0 Å². The van der Waals surface area contributed by atoms with Crippen molar-refractivity contribution < 1.29 is 34.4 Å². The average Bonchev–Trinajstić information content (AvgIpc) is 2.76. The van der Waals surface area contributed by atoms with E-state index in [-0.39, 0.29) is 23.5 Å². The summed E-state index contributed by atoms with van der Waals surface area (Å²) in [6, 6.07) is 5.68. The molecule has 4 unspecified atom stereocenters. The fourth-order valence-corrected chi connectivity index (χ4v) is 4.02. The van der Waals surface area contributed by atoms with Crippen LogP contribution in [-0.4, -0.2) is 53.1 Å². The van der Waals surface area contributed by atoms with Crippen LogP contribution in [0.4, 0.5) is 0 Å². The van der Waals surface area contributed by atoms with Gasteiger partial charge < -0.3 is 30.1 Å². The highest BCUT2D eigenvalue weighted by Crippen LogP contribution is 2.40. The van der Waals surface area contributed by atoms with Crippen LogP contribution in [0.3, 0.4) is 0 Å². The number of benzene rings is 1. The zero-order valence-corrected chi connectivity index (χ0v) is 19.1. The zero-order valence-electron chi connectivity index (χ0n) is 19.1. The van der Waals surface area contributed by atoms with Crippen LogP contribution >= 0.6 is 0 Å². The molecule has 0 aliphatic heterocycles. The number of aromatic hydroxyl groups is 1. The third-order valence-corrected chi connectivity index (χ3v) is 6.17. The summed E-state index contributed by atoms with van der Waals surface area (Å²) in [4.78, 5) is 25.6. The summed E-state index contributed by atoms with van der Waals surface area (Å²) in [5.74, 6) is -0.624. The lowest BCUT2D eigenvalue weighted by atomic mass is 9.74. The molecule has 2 aliphatic carbocycles. The molecule has 0 spiro atoms. The molecule has 0 saturated carbocycles. The minimum absolute atomic E-state index is 0.0339. The highest BCUT2D eigenvalue weighted by molar-refractivity contribution is 5.90. The molecule has 0 saturated heterocycles. The molecule has 8 heteroatoms. The average molecular weight is 458 g/mol. The Morgan fingerprint density at radius 3 is 2.52 bits per heavy atom. The Hall–Kier alpha value is -3.10. The molecular weight excluding hydrogens is 426 g/mol. The molecule has 4 N–H and O–H groups in total. The normalized spacial score (nSPS) is 27.8. The van der Waals surface area contributed by atoms with E-state index < -0.39 is 35.0 Å². The number of rotatable bonds is 7. The molecule has 0 heterocycles. The third-order valence-electron chi connectivity index (χ3n) is 6.17. The maximum Gasteiger partial charge on any atom is 0.343 e. The molecule has 0 fully saturated rings. The number of aliphatic hydroxyl groups is 2. The second-order valence-electron chi connectivity index (χ2n) is 9.15. The summed E-state index contributed by atoms with van der Waals surface area (Å²) in [6.45, 7) is 3.86. The monoisotopic (exact) mass is 457 g/mol. The first kappa shape index (κ1) is 24.5. The number of carbonyl (C=O) groups excluding carboxylic acids is 2. The molecule has 0 aromatic heterocycles. The minimum atomic E-state index is -0.920. The first-order valence-corrected chi connectivity index (χ1v) is 10.9. The number of phenolic OH excluding ortho intramolecular Hbond substituents is 1. The van der Waals surface area contributed by atoms with E-state index in [9.17, 15) is 24.9 Å². The number of likely N-dealkylation sites (N-methyl/N-ethyl adjacent to an activating group) is 1. The summed E-state index contributed by atoms with van der Waals surface area (Å²) in [5.41, 5.74) is -1.47. The van der Waals surface area contributed by atoms with Crippen LogP contribution in [0.5, 0.6) is 5.75 Å². The predicted octanol–water partition coefficient (Wildman–Crippen LogP) is 3.13. The molecule has 0 amide bonds. The molecule has 2 aliphatic rings. The van der Waals surface area contributed by atoms with Gasteiger partial charge >= 0.3 is 11.9 Å². The van der Waals surface area contributed by atoms with E-state index in [0.29, 0.717) is 25.1 Å². The maximum atomic E-state index is 13.0. The highest BCUT2D eigenvalue weighted by Gasteiger charge is 2.42. The third kappa shape index (κ3) is 5.83. The van der Waals surface area contributed by atoms with Crippen molar-refractivity contribution in [3.8, 4) is 5.75 Å². The Balaban J connectivity index is 1.79. The summed E-state index contributed by atoms with van der Waals surface area (Å²) in [6.07, 6.45) is 5.78. The fourth-order valence-electron chi connectivity index (χ4n) is 4.02. The Bertz CT molecular complexity index is 981. The lowest BCUT2D eigenvalue weighted by molar-refractivity contribution is -0.160. The Morgan fingerprint density at radius 2 is 1.91 bits per heavy atom. The zero-order chi connectivity index (χ0) is 24.2. The molecular formula is C25H31NO7. The van der Waals surface area contributed by atoms with Gasteiger partial charge in [0.2, 0.25) is 0 Å². The molecule has 4 atom stereocenters. The Labute approximate surface area is 193 Å². The molecule has 0 bridgehead atoms. The predicted molar refractivity (Wildman–Crippen MR) is 121 cm³/mol. The second-order valence-corrected chi connectivity index (χ2v) is 9.15. The van der Waals surface area contributed by atoms with Crippen LogP contribution in [0.2, 0.25) is 0 Å². The number of hydrogen-bond donors (Lipinski definition) is 4. The van der Waals surface area contributed by atoms with Crippen molar-refractivity contribution in [2.24, 2.45) is 10.8 Å². The second kappa shape index (κ2) is 9.80. The molecule has 1 aromatic carbocycles. The standard InChI is InChI=1S/C25H31NO7/c1-24(10-8-18(28)9-11-24)23(31)33-20-12-19(13-25(2,14-20)21(29)15-26-3)32-22(30)16-4-6-17(27)7-5-16/h4-10,13,20-21,26-29H,11-12,14-15H2,1-3H3. The summed E-state index contributed by atoms with van der Waals surface area (Å²) >= 11 is 0. The van der Waals surface area contributed by atoms with Gasteiger partial charge in [0.05, 0.1) is 17.1 Å². The first-order valence-electron chi connectivity index (χ1n) is 10.9. The van der Waals surface area contributed by atoms with E-state index >= 15 is 0 Å². The topological polar surface area (TPSA) is 125 Å². The van der Waals surface area contributed by atoms with Gasteiger partial charge in [0, 0.05) is 18.4 Å². The Morgan fingerprint density at radius 1 is 1.21 bits per heavy atom. The van der Waals surface area contributed by atoms with Gasteiger partial charge in [-0.05, 0) is 69.3 Å². The van der Waals surface area contributed by atoms with Gasteiger partial charge in [-0.25, -0.2) is 4.79 Å². The molecule has 3 rings (SSSR count). The summed E-state index contributed by atoms with van der Waals surface area (Å²) in [5, 5.41) is 32.7. The van der Waals surface area contributed by atoms with Gasteiger partial charge in [0.25, 0.3) is 0 Å². The van der Waals surface area contributed by atoms with Crippen LogP contribution in [0.25, 0.3) is 0 Å².